The van der Waals surface area contributed by atoms with E-state index >= 15 is 0 Å². The molecule has 0 spiro atoms. The standard InChI is InChI=1S/C43H28O/c1-43(2)35-14-8-6-12-32(35)40-36(43)24-34(42-41(40)33-13-7-9-15-37(33)44-42)29-21-17-27-18-22-30-28(25-10-4-3-5-11-25)20-16-26-19-23-31(29)39(27)38(26)30/h3-24H,1-2H3/i3D,4D,5D,10D,11D. The van der Waals surface area contributed by atoms with Gasteiger partial charge >= 0.3 is 0 Å². The number of rotatable bonds is 2. The first-order valence-corrected chi connectivity index (χ1v) is 15.0. The van der Waals surface area contributed by atoms with E-state index in [1.165, 1.54) is 22.3 Å². The van der Waals surface area contributed by atoms with Crippen LogP contribution in [0.15, 0.2) is 138 Å². The quantitative estimate of drug-likeness (QED) is 0.190. The molecule has 0 unspecified atom stereocenters. The molecule has 0 amide bonds. The van der Waals surface area contributed by atoms with Gasteiger partial charge in [0.05, 0.1) is 6.85 Å². The Bertz CT molecular complexity index is 2890. The van der Waals surface area contributed by atoms with Crippen LogP contribution >= 0.6 is 0 Å². The van der Waals surface area contributed by atoms with Crippen LogP contribution in [0.2, 0.25) is 0 Å². The molecule has 0 saturated heterocycles. The second-order valence-electron chi connectivity index (χ2n) is 12.5. The molecular formula is C43H28O. The average Bonchev–Trinajstić information content (AvgIpc) is 3.61. The molecule has 0 saturated carbocycles. The number of benzene rings is 8. The van der Waals surface area contributed by atoms with E-state index in [1.807, 2.05) is 30.3 Å². The van der Waals surface area contributed by atoms with Crippen LogP contribution in [0.1, 0.15) is 31.8 Å². The Morgan fingerprint density at radius 2 is 1.20 bits per heavy atom. The van der Waals surface area contributed by atoms with Crippen LogP contribution in [0.4, 0.5) is 0 Å². The zero-order chi connectivity index (χ0) is 33.5. The maximum Gasteiger partial charge on any atom is 0.143 e. The maximum absolute atomic E-state index is 8.73. The average molecular weight is 566 g/mol. The minimum Gasteiger partial charge on any atom is -0.455 e. The van der Waals surface area contributed by atoms with Crippen LogP contribution in [-0.2, 0) is 5.41 Å². The number of fused-ring (bicyclic) bond motifs is 7. The van der Waals surface area contributed by atoms with Gasteiger partial charge in [0.15, 0.2) is 0 Å². The van der Waals surface area contributed by atoms with Crippen molar-refractivity contribution in [3.05, 3.63) is 144 Å². The fraction of sp³-hybridized carbons (Fsp3) is 0.0698. The van der Waals surface area contributed by atoms with Gasteiger partial charge in [0.25, 0.3) is 0 Å². The predicted octanol–water partition coefficient (Wildman–Crippen LogP) is 12.1. The first-order valence-electron chi connectivity index (χ1n) is 17.5. The largest absolute Gasteiger partial charge is 0.455 e. The van der Waals surface area contributed by atoms with Crippen molar-refractivity contribution in [2.45, 2.75) is 19.3 Å². The third-order valence-electron chi connectivity index (χ3n) is 9.92. The third-order valence-corrected chi connectivity index (χ3v) is 9.92. The number of hydrogen-bond acceptors (Lipinski definition) is 1. The number of furan rings is 1. The molecule has 0 aliphatic heterocycles. The van der Waals surface area contributed by atoms with Gasteiger partial charge in [-0.1, -0.05) is 135 Å². The van der Waals surface area contributed by atoms with E-state index in [0.717, 1.165) is 65.4 Å². The lowest BCUT2D eigenvalue weighted by Crippen LogP contribution is -2.15. The number of hydrogen-bond donors (Lipinski definition) is 0. The molecule has 44 heavy (non-hydrogen) atoms. The van der Waals surface area contributed by atoms with Crippen molar-refractivity contribution in [2.75, 3.05) is 0 Å². The highest BCUT2D eigenvalue weighted by Gasteiger charge is 2.38. The third kappa shape index (κ3) is 2.99. The molecule has 1 aliphatic carbocycles. The zero-order valence-corrected chi connectivity index (χ0v) is 24.2. The highest BCUT2D eigenvalue weighted by molar-refractivity contribution is 6.29. The maximum atomic E-state index is 8.73. The van der Waals surface area contributed by atoms with Gasteiger partial charge in [0.1, 0.15) is 11.2 Å². The molecule has 1 aromatic heterocycles. The molecule has 0 N–H and O–H groups in total. The molecule has 0 radical (unpaired) electrons. The summed E-state index contributed by atoms with van der Waals surface area (Å²) in [6.45, 7) is 4.61. The molecule has 1 heterocycles. The Morgan fingerprint density at radius 1 is 0.545 bits per heavy atom. The normalized spacial score (nSPS) is 15.5. The molecule has 206 valence electrons. The first kappa shape index (κ1) is 19.7. The highest BCUT2D eigenvalue weighted by atomic mass is 16.3. The minimum absolute atomic E-state index is 0.198. The molecule has 9 aromatic rings. The van der Waals surface area contributed by atoms with Crippen LogP contribution in [0.3, 0.4) is 0 Å². The van der Waals surface area contributed by atoms with E-state index in [4.69, 9.17) is 11.3 Å². The fourth-order valence-corrected chi connectivity index (χ4v) is 7.90. The molecular weight excluding hydrogens is 532 g/mol. The molecule has 0 bridgehead atoms. The Morgan fingerprint density at radius 3 is 2.00 bits per heavy atom. The molecule has 10 rings (SSSR count). The summed E-state index contributed by atoms with van der Waals surface area (Å²) in [6.07, 6.45) is 0. The van der Waals surface area contributed by atoms with E-state index in [-0.39, 0.29) is 35.1 Å². The van der Waals surface area contributed by atoms with E-state index in [1.54, 1.807) is 0 Å². The summed E-state index contributed by atoms with van der Waals surface area (Å²) in [5, 5.41) is 8.35. The Labute approximate surface area is 262 Å². The Kier molecular flexibility index (Phi) is 3.75. The molecule has 0 atom stereocenters. The van der Waals surface area contributed by atoms with E-state index in [0.29, 0.717) is 5.56 Å². The van der Waals surface area contributed by atoms with E-state index < -0.39 is 6.04 Å². The van der Waals surface area contributed by atoms with E-state index in [9.17, 15) is 0 Å². The van der Waals surface area contributed by atoms with Crippen molar-refractivity contribution < 1.29 is 11.3 Å². The van der Waals surface area contributed by atoms with Gasteiger partial charge in [-0.25, -0.2) is 0 Å². The highest BCUT2D eigenvalue weighted by Crippen LogP contribution is 2.55. The van der Waals surface area contributed by atoms with Crippen molar-refractivity contribution in [2.24, 2.45) is 0 Å². The van der Waals surface area contributed by atoms with Gasteiger partial charge in [0.2, 0.25) is 0 Å². The van der Waals surface area contributed by atoms with Crippen molar-refractivity contribution in [1.82, 2.24) is 0 Å². The lowest BCUT2D eigenvalue weighted by molar-refractivity contribution is 0.657. The van der Waals surface area contributed by atoms with Gasteiger partial charge in [-0.2, -0.15) is 0 Å². The van der Waals surface area contributed by atoms with Gasteiger partial charge < -0.3 is 4.42 Å². The van der Waals surface area contributed by atoms with Crippen molar-refractivity contribution in [3.63, 3.8) is 0 Å². The van der Waals surface area contributed by atoms with Crippen LogP contribution in [0.5, 0.6) is 0 Å². The predicted molar refractivity (Wildman–Crippen MR) is 186 cm³/mol. The summed E-state index contributed by atoms with van der Waals surface area (Å²) in [7, 11) is 0. The first-order chi connectivity index (χ1) is 23.7. The van der Waals surface area contributed by atoms with Crippen LogP contribution in [0.25, 0.3) is 87.6 Å². The monoisotopic (exact) mass is 565 g/mol. The molecule has 8 aromatic carbocycles. The second-order valence-corrected chi connectivity index (χ2v) is 12.5. The second kappa shape index (κ2) is 8.36. The summed E-state index contributed by atoms with van der Waals surface area (Å²) in [4.78, 5) is 0. The Hall–Kier alpha value is -5.40. The zero-order valence-electron chi connectivity index (χ0n) is 29.2. The summed E-state index contributed by atoms with van der Waals surface area (Å²) in [6, 6.07) is 34.5. The summed E-state index contributed by atoms with van der Waals surface area (Å²) >= 11 is 0. The van der Waals surface area contributed by atoms with Crippen LogP contribution < -0.4 is 0 Å². The van der Waals surface area contributed by atoms with Crippen LogP contribution in [0, 0.1) is 0 Å². The van der Waals surface area contributed by atoms with Gasteiger partial charge in [0, 0.05) is 21.8 Å². The fourth-order valence-electron chi connectivity index (χ4n) is 7.90. The SMILES string of the molecule is [2H]c1c([2H])c([2H])c(-c2ccc3ccc4c(-c5cc6c(c7c5oc5ccccc57)-c5ccccc5C6(C)C)ccc5ccc2c3c54)c([2H])c1[2H]. The van der Waals surface area contributed by atoms with Crippen molar-refractivity contribution >= 4 is 54.3 Å². The smallest absolute Gasteiger partial charge is 0.143 e. The van der Waals surface area contributed by atoms with Gasteiger partial charge in [-0.05, 0) is 83.4 Å². The summed E-state index contributed by atoms with van der Waals surface area (Å²) in [5.74, 6) is 0. The molecule has 0 fully saturated rings. The minimum atomic E-state index is -0.390. The van der Waals surface area contributed by atoms with E-state index in [2.05, 4.69) is 86.6 Å². The van der Waals surface area contributed by atoms with Crippen molar-refractivity contribution in [1.29, 1.82) is 0 Å². The van der Waals surface area contributed by atoms with Gasteiger partial charge in [-0.3, -0.25) is 0 Å². The molecule has 1 aliphatic rings. The number of para-hydroxylation sites is 1. The molecule has 1 heteroatoms. The summed E-state index contributed by atoms with van der Waals surface area (Å²) < 4.78 is 49.1. The van der Waals surface area contributed by atoms with Crippen molar-refractivity contribution in [3.8, 4) is 33.4 Å². The molecule has 1 nitrogen and oxygen atoms in total. The lowest BCUT2D eigenvalue weighted by Gasteiger charge is -2.22. The topological polar surface area (TPSA) is 13.1 Å². The Balaban J connectivity index is 1.32. The van der Waals surface area contributed by atoms with Gasteiger partial charge in [-0.15, -0.1) is 0 Å². The lowest BCUT2D eigenvalue weighted by atomic mass is 9.80. The van der Waals surface area contributed by atoms with Crippen LogP contribution in [-0.4, -0.2) is 0 Å². The summed E-state index contributed by atoms with van der Waals surface area (Å²) in [5.41, 5.74) is 9.53.